The summed E-state index contributed by atoms with van der Waals surface area (Å²) in [6.45, 7) is 6.16. The van der Waals surface area contributed by atoms with Crippen molar-refractivity contribution < 1.29 is 14.7 Å². The van der Waals surface area contributed by atoms with Gasteiger partial charge in [0, 0.05) is 43.3 Å². The summed E-state index contributed by atoms with van der Waals surface area (Å²) < 4.78 is 0. The van der Waals surface area contributed by atoms with Gasteiger partial charge in [-0.2, -0.15) is 0 Å². The number of amides is 2. The van der Waals surface area contributed by atoms with Gasteiger partial charge in [0.25, 0.3) is 5.91 Å². The molecule has 1 aromatic carbocycles. The number of hydrogen-bond donors (Lipinski definition) is 2. The highest BCUT2D eigenvalue weighted by Gasteiger charge is 2.53. The number of rotatable bonds is 4. The number of nitrogens with zero attached hydrogens (tertiary/aromatic N) is 2. The lowest BCUT2D eigenvalue weighted by atomic mass is 9.72. The Morgan fingerprint density at radius 2 is 2.19 bits per heavy atom. The third-order valence-corrected chi connectivity index (χ3v) is 6.16. The molecule has 3 aliphatic rings. The molecule has 1 aliphatic carbocycles. The number of anilines is 1. The van der Waals surface area contributed by atoms with Gasteiger partial charge in [-0.25, -0.2) is 0 Å². The Morgan fingerprint density at radius 3 is 2.89 bits per heavy atom. The van der Waals surface area contributed by atoms with Gasteiger partial charge in [-0.1, -0.05) is 25.1 Å². The van der Waals surface area contributed by atoms with Crippen LogP contribution in [-0.4, -0.2) is 59.4 Å². The smallest absolute Gasteiger partial charge is 0.261 e. The molecule has 0 radical (unpaired) electrons. The summed E-state index contributed by atoms with van der Waals surface area (Å²) in [6, 6.07) is 5.59. The predicted molar refractivity (Wildman–Crippen MR) is 104 cm³/mol. The van der Waals surface area contributed by atoms with E-state index >= 15 is 0 Å². The van der Waals surface area contributed by atoms with Crippen molar-refractivity contribution in [2.75, 3.05) is 32.0 Å². The van der Waals surface area contributed by atoms with E-state index in [2.05, 4.69) is 23.2 Å². The molecule has 0 spiro atoms. The molecule has 1 aromatic rings. The summed E-state index contributed by atoms with van der Waals surface area (Å²) in [5.74, 6) is -0.407. The third-order valence-electron chi connectivity index (χ3n) is 6.16. The van der Waals surface area contributed by atoms with Crippen molar-refractivity contribution in [2.24, 2.45) is 5.92 Å². The molecule has 2 unspecified atom stereocenters. The van der Waals surface area contributed by atoms with Gasteiger partial charge < -0.3 is 15.3 Å². The Morgan fingerprint density at radius 1 is 1.41 bits per heavy atom. The van der Waals surface area contributed by atoms with Crippen molar-refractivity contribution in [1.82, 2.24) is 9.80 Å². The topological polar surface area (TPSA) is 72.9 Å². The second-order valence-electron chi connectivity index (χ2n) is 7.85. The minimum atomic E-state index is -1.49. The molecule has 0 saturated heterocycles. The lowest BCUT2D eigenvalue weighted by molar-refractivity contribution is -0.137. The van der Waals surface area contributed by atoms with E-state index in [0.717, 1.165) is 24.1 Å². The Balaban J connectivity index is 1.78. The highest BCUT2D eigenvalue weighted by molar-refractivity contribution is 6.08. The number of carbonyl (C=O) groups excluding carboxylic acids is 2. The van der Waals surface area contributed by atoms with Crippen LogP contribution in [0, 0.1) is 5.92 Å². The van der Waals surface area contributed by atoms with Crippen molar-refractivity contribution in [1.29, 1.82) is 0 Å². The molecular formula is C21H27N3O3. The molecule has 27 heavy (non-hydrogen) atoms. The van der Waals surface area contributed by atoms with Gasteiger partial charge in [0.15, 0.2) is 5.60 Å². The van der Waals surface area contributed by atoms with Crippen molar-refractivity contribution in [3.63, 3.8) is 0 Å². The molecule has 0 bridgehead atoms. The Labute approximate surface area is 159 Å². The van der Waals surface area contributed by atoms with Crippen molar-refractivity contribution in [2.45, 2.75) is 38.3 Å². The second kappa shape index (κ2) is 6.46. The first kappa shape index (κ1) is 18.2. The fraction of sp³-hybridized carbons (Fsp3) is 0.524. The Kier molecular flexibility index (Phi) is 4.35. The zero-order chi connectivity index (χ0) is 19.3. The first-order chi connectivity index (χ1) is 12.9. The second-order valence-corrected chi connectivity index (χ2v) is 7.85. The molecule has 0 saturated carbocycles. The lowest BCUT2D eigenvalue weighted by Gasteiger charge is -2.44. The average Bonchev–Trinajstić information content (AvgIpc) is 2.91. The zero-order valence-corrected chi connectivity index (χ0v) is 16.2. The average molecular weight is 369 g/mol. The van der Waals surface area contributed by atoms with Gasteiger partial charge >= 0.3 is 0 Å². The van der Waals surface area contributed by atoms with E-state index in [1.54, 1.807) is 0 Å². The third kappa shape index (κ3) is 2.62. The summed E-state index contributed by atoms with van der Waals surface area (Å²) >= 11 is 0. The van der Waals surface area contributed by atoms with Gasteiger partial charge in [-0.3, -0.25) is 14.5 Å². The number of benzene rings is 1. The maximum Gasteiger partial charge on any atom is 0.261 e. The van der Waals surface area contributed by atoms with Crippen LogP contribution in [0.4, 0.5) is 5.69 Å². The number of likely N-dealkylation sites (N-methyl/N-ethyl adjacent to an activating group) is 1. The standard InChI is InChI=1S/C21H27N3O3/c1-4-9-24(5-2)19(25)13-10-15-14-7-6-8-16-18(14)21(27,20(26)22-16)11-17(15)23(3)12-13/h6-8,10,13,17,27H,4-5,9,11-12H2,1-3H3,(H,22,26)/t13-,17?,21?/m1/s1. The van der Waals surface area contributed by atoms with Crippen LogP contribution in [0.25, 0.3) is 5.57 Å². The van der Waals surface area contributed by atoms with E-state index in [9.17, 15) is 14.7 Å². The fourth-order valence-corrected chi connectivity index (χ4v) is 4.82. The summed E-state index contributed by atoms with van der Waals surface area (Å²) in [5.41, 5.74) is 1.79. The summed E-state index contributed by atoms with van der Waals surface area (Å²) in [7, 11) is 1.97. The van der Waals surface area contributed by atoms with Crippen molar-refractivity contribution in [3.05, 3.63) is 35.4 Å². The van der Waals surface area contributed by atoms with E-state index in [1.807, 2.05) is 37.1 Å². The van der Waals surface area contributed by atoms with Gasteiger partial charge in [0.05, 0.1) is 5.92 Å². The highest BCUT2D eigenvalue weighted by Crippen LogP contribution is 2.51. The SMILES string of the molecule is CCCN(CC)C(=O)[C@@H]1C=C2c3cccc4c3C(O)(CC2N(C)C1)C(=O)N4. The van der Waals surface area contributed by atoms with Crippen LogP contribution in [0.3, 0.4) is 0 Å². The number of carbonyl (C=O) groups is 2. The molecule has 6 heteroatoms. The van der Waals surface area contributed by atoms with E-state index in [-0.39, 0.29) is 23.8 Å². The van der Waals surface area contributed by atoms with E-state index in [1.165, 1.54) is 0 Å². The molecule has 2 heterocycles. The van der Waals surface area contributed by atoms with Crippen LogP contribution in [0.1, 0.15) is 37.8 Å². The molecule has 4 rings (SSSR count). The zero-order valence-electron chi connectivity index (χ0n) is 16.2. The molecule has 0 aromatic heterocycles. The summed E-state index contributed by atoms with van der Waals surface area (Å²) in [6.07, 6.45) is 3.33. The van der Waals surface area contributed by atoms with Gasteiger partial charge in [-0.05, 0) is 37.6 Å². The van der Waals surface area contributed by atoms with Gasteiger partial charge in [-0.15, -0.1) is 0 Å². The van der Waals surface area contributed by atoms with Crippen LogP contribution in [0.2, 0.25) is 0 Å². The van der Waals surface area contributed by atoms with Crippen LogP contribution < -0.4 is 5.32 Å². The largest absolute Gasteiger partial charge is 0.375 e. The maximum atomic E-state index is 13.0. The lowest BCUT2D eigenvalue weighted by Crippen LogP contribution is -2.52. The van der Waals surface area contributed by atoms with Crippen LogP contribution in [-0.2, 0) is 15.2 Å². The molecule has 144 valence electrons. The molecule has 2 aliphatic heterocycles. The number of fused-ring (bicyclic) bond motifs is 2. The van der Waals surface area contributed by atoms with Crippen LogP contribution in [0.15, 0.2) is 24.3 Å². The van der Waals surface area contributed by atoms with Gasteiger partial charge in [0.2, 0.25) is 5.91 Å². The monoisotopic (exact) mass is 369 g/mol. The van der Waals surface area contributed by atoms with E-state index < -0.39 is 5.60 Å². The quantitative estimate of drug-likeness (QED) is 0.849. The van der Waals surface area contributed by atoms with Crippen molar-refractivity contribution >= 4 is 23.1 Å². The Bertz CT molecular complexity index is 834. The Hall–Kier alpha value is -2.18. The summed E-state index contributed by atoms with van der Waals surface area (Å²) in [5, 5.41) is 14.0. The normalized spacial score (nSPS) is 28.9. The molecule has 3 atom stereocenters. The van der Waals surface area contributed by atoms with E-state index in [4.69, 9.17) is 0 Å². The molecule has 2 N–H and O–H groups in total. The molecular weight excluding hydrogens is 342 g/mol. The number of nitrogens with one attached hydrogen (secondary N) is 1. The number of aliphatic hydroxyl groups is 1. The fourth-order valence-electron chi connectivity index (χ4n) is 4.82. The summed E-state index contributed by atoms with van der Waals surface area (Å²) in [4.78, 5) is 29.5. The molecule has 0 fully saturated rings. The van der Waals surface area contributed by atoms with Crippen molar-refractivity contribution in [3.8, 4) is 0 Å². The minimum absolute atomic E-state index is 0.0769. The van der Waals surface area contributed by atoms with Crippen LogP contribution >= 0.6 is 0 Å². The maximum absolute atomic E-state index is 13.0. The number of hydrogen-bond acceptors (Lipinski definition) is 4. The predicted octanol–water partition coefficient (Wildman–Crippen LogP) is 1.80. The molecule has 2 amide bonds. The first-order valence-electron chi connectivity index (χ1n) is 9.79. The minimum Gasteiger partial charge on any atom is -0.375 e. The first-order valence-corrected chi connectivity index (χ1v) is 9.79. The van der Waals surface area contributed by atoms with Gasteiger partial charge in [0.1, 0.15) is 0 Å². The van der Waals surface area contributed by atoms with E-state index in [0.29, 0.717) is 30.8 Å². The highest BCUT2D eigenvalue weighted by atomic mass is 16.3. The van der Waals surface area contributed by atoms with Crippen LogP contribution in [0.5, 0.6) is 0 Å². The molecule has 6 nitrogen and oxygen atoms in total.